The molecule has 0 radical (unpaired) electrons. The van der Waals surface area contributed by atoms with Crippen molar-refractivity contribution in [2.24, 2.45) is 0 Å². The number of carbonyl (C=O) groups excluding carboxylic acids is 1. The SMILES string of the molecule is Cc1ccc(/C=C2\CCCCC2OC(=O)C(F)(F)F)cc1. The molecule has 2 nitrogen and oxygen atoms in total. The lowest BCUT2D eigenvalue weighted by molar-refractivity contribution is -0.203. The van der Waals surface area contributed by atoms with Gasteiger partial charge in [0.15, 0.2) is 0 Å². The third-order valence-electron chi connectivity index (χ3n) is 3.51. The van der Waals surface area contributed by atoms with Crippen LogP contribution in [0.1, 0.15) is 36.8 Å². The molecule has 0 aromatic heterocycles. The largest absolute Gasteiger partial charge is 0.490 e. The van der Waals surface area contributed by atoms with Crippen LogP contribution in [-0.4, -0.2) is 18.2 Å². The van der Waals surface area contributed by atoms with E-state index in [9.17, 15) is 18.0 Å². The molecule has 0 N–H and O–H groups in total. The molecule has 1 aromatic carbocycles. The minimum Gasteiger partial charge on any atom is -0.451 e. The number of alkyl halides is 3. The van der Waals surface area contributed by atoms with Crippen LogP contribution in [0.4, 0.5) is 13.2 Å². The Morgan fingerprint density at radius 2 is 1.90 bits per heavy atom. The topological polar surface area (TPSA) is 26.3 Å². The lowest BCUT2D eigenvalue weighted by Crippen LogP contribution is -2.32. The zero-order chi connectivity index (χ0) is 15.5. The summed E-state index contributed by atoms with van der Waals surface area (Å²) in [4.78, 5) is 11.0. The molecule has 114 valence electrons. The monoisotopic (exact) mass is 298 g/mol. The maximum atomic E-state index is 12.3. The molecule has 1 fully saturated rings. The normalized spacial score (nSPS) is 21.3. The van der Waals surface area contributed by atoms with E-state index in [1.807, 2.05) is 37.3 Å². The predicted octanol–water partition coefficient (Wildman–Crippen LogP) is 4.43. The van der Waals surface area contributed by atoms with Gasteiger partial charge in [-0.3, -0.25) is 0 Å². The second-order valence-electron chi connectivity index (χ2n) is 5.27. The van der Waals surface area contributed by atoms with Gasteiger partial charge in [-0.25, -0.2) is 4.79 Å². The van der Waals surface area contributed by atoms with Crippen LogP contribution in [-0.2, 0) is 9.53 Å². The van der Waals surface area contributed by atoms with Gasteiger partial charge in [0.1, 0.15) is 6.10 Å². The molecule has 0 amide bonds. The van der Waals surface area contributed by atoms with Crippen LogP contribution in [0.15, 0.2) is 29.8 Å². The first kappa shape index (κ1) is 15.6. The summed E-state index contributed by atoms with van der Waals surface area (Å²) in [6.07, 6.45) is -1.12. The molecular weight excluding hydrogens is 281 g/mol. The highest BCUT2D eigenvalue weighted by molar-refractivity contribution is 5.76. The highest BCUT2D eigenvalue weighted by Gasteiger charge is 2.42. The summed E-state index contributed by atoms with van der Waals surface area (Å²) in [6.45, 7) is 1.96. The first-order chi connectivity index (χ1) is 9.86. The fourth-order valence-corrected chi connectivity index (χ4v) is 2.38. The number of halogens is 3. The van der Waals surface area contributed by atoms with Gasteiger partial charge in [0, 0.05) is 0 Å². The van der Waals surface area contributed by atoms with E-state index in [-0.39, 0.29) is 0 Å². The second kappa shape index (κ2) is 6.33. The average Bonchev–Trinajstić information content (AvgIpc) is 2.42. The van der Waals surface area contributed by atoms with Crippen LogP contribution in [0.25, 0.3) is 6.08 Å². The number of rotatable bonds is 2. The van der Waals surface area contributed by atoms with Crippen molar-refractivity contribution < 1.29 is 22.7 Å². The summed E-state index contributed by atoms with van der Waals surface area (Å²) in [6, 6.07) is 7.68. The van der Waals surface area contributed by atoms with Gasteiger partial charge in [-0.2, -0.15) is 13.2 Å². The Morgan fingerprint density at radius 3 is 2.52 bits per heavy atom. The molecule has 0 saturated heterocycles. The molecule has 1 aromatic rings. The lowest BCUT2D eigenvalue weighted by Gasteiger charge is -2.26. The van der Waals surface area contributed by atoms with E-state index in [0.717, 1.165) is 29.5 Å². The molecule has 0 spiro atoms. The highest BCUT2D eigenvalue weighted by atomic mass is 19.4. The fourth-order valence-electron chi connectivity index (χ4n) is 2.38. The minimum atomic E-state index is -4.94. The van der Waals surface area contributed by atoms with Gasteiger partial charge in [-0.15, -0.1) is 0 Å². The number of ether oxygens (including phenoxy) is 1. The van der Waals surface area contributed by atoms with E-state index >= 15 is 0 Å². The smallest absolute Gasteiger partial charge is 0.451 e. The number of hydrogen-bond donors (Lipinski definition) is 0. The zero-order valence-corrected chi connectivity index (χ0v) is 11.7. The Labute approximate surface area is 121 Å². The van der Waals surface area contributed by atoms with Gasteiger partial charge in [0.05, 0.1) is 0 Å². The summed E-state index contributed by atoms with van der Waals surface area (Å²) >= 11 is 0. The van der Waals surface area contributed by atoms with Gasteiger partial charge in [-0.05, 0) is 43.7 Å². The predicted molar refractivity (Wildman–Crippen MR) is 73.6 cm³/mol. The van der Waals surface area contributed by atoms with Crippen molar-refractivity contribution in [3.8, 4) is 0 Å². The average molecular weight is 298 g/mol. The van der Waals surface area contributed by atoms with Gasteiger partial charge in [0.25, 0.3) is 0 Å². The number of carbonyl (C=O) groups is 1. The number of esters is 1. The Hall–Kier alpha value is -1.78. The third kappa shape index (κ3) is 4.34. The summed E-state index contributed by atoms with van der Waals surface area (Å²) in [7, 11) is 0. The molecular formula is C16H17F3O2. The van der Waals surface area contributed by atoms with Crippen LogP contribution in [0.3, 0.4) is 0 Å². The summed E-state index contributed by atoms with van der Waals surface area (Å²) < 4.78 is 41.6. The van der Waals surface area contributed by atoms with Crippen molar-refractivity contribution in [1.82, 2.24) is 0 Å². The standard InChI is InChI=1S/C16H17F3O2/c1-11-6-8-12(9-7-11)10-13-4-2-3-5-14(13)21-15(20)16(17,18)19/h6-10,14H,2-5H2,1H3/b13-10+. The summed E-state index contributed by atoms with van der Waals surface area (Å²) in [5.74, 6) is -2.11. The van der Waals surface area contributed by atoms with Crippen molar-refractivity contribution in [3.63, 3.8) is 0 Å². The van der Waals surface area contributed by atoms with Crippen molar-refractivity contribution in [2.75, 3.05) is 0 Å². The maximum absolute atomic E-state index is 12.3. The quantitative estimate of drug-likeness (QED) is 0.755. The zero-order valence-electron chi connectivity index (χ0n) is 11.7. The Morgan fingerprint density at radius 1 is 1.24 bits per heavy atom. The number of benzene rings is 1. The molecule has 1 aliphatic rings. The molecule has 1 atom stereocenters. The molecule has 1 unspecified atom stereocenters. The van der Waals surface area contributed by atoms with Crippen LogP contribution >= 0.6 is 0 Å². The van der Waals surface area contributed by atoms with Gasteiger partial charge < -0.3 is 4.74 Å². The van der Waals surface area contributed by atoms with Crippen molar-refractivity contribution in [1.29, 1.82) is 0 Å². The van der Waals surface area contributed by atoms with Crippen LogP contribution in [0.5, 0.6) is 0 Å². The maximum Gasteiger partial charge on any atom is 0.490 e. The Balaban J connectivity index is 2.15. The van der Waals surface area contributed by atoms with E-state index < -0.39 is 18.2 Å². The van der Waals surface area contributed by atoms with Crippen LogP contribution in [0, 0.1) is 6.92 Å². The van der Waals surface area contributed by atoms with E-state index in [1.165, 1.54) is 0 Å². The molecule has 1 aliphatic carbocycles. The molecule has 1 saturated carbocycles. The number of aryl methyl sites for hydroxylation is 1. The van der Waals surface area contributed by atoms with E-state index in [4.69, 9.17) is 0 Å². The van der Waals surface area contributed by atoms with E-state index in [1.54, 1.807) is 0 Å². The highest BCUT2D eigenvalue weighted by Crippen LogP contribution is 2.30. The van der Waals surface area contributed by atoms with Gasteiger partial charge in [-0.1, -0.05) is 35.9 Å². The molecule has 21 heavy (non-hydrogen) atoms. The van der Waals surface area contributed by atoms with Crippen molar-refractivity contribution >= 4 is 12.0 Å². The first-order valence-electron chi connectivity index (χ1n) is 6.91. The fraction of sp³-hybridized carbons (Fsp3) is 0.438. The van der Waals surface area contributed by atoms with E-state index in [2.05, 4.69) is 4.74 Å². The molecule has 2 rings (SSSR count). The summed E-state index contributed by atoms with van der Waals surface area (Å²) in [5.41, 5.74) is 2.77. The van der Waals surface area contributed by atoms with Crippen LogP contribution < -0.4 is 0 Å². The molecule has 0 bridgehead atoms. The van der Waals surface area contributed by atoms with Gasteiger partial charge in [0.2, 0.25) is 0 Å². The van der Waals surface area contributed by atoms with Crippen molar-refractivity contribution in [3.05, 3.63) is 41.0 Å². The van der Waals surface area contributed by atoms with E-state index in [0.29, 0.717) is 12.8 Å². The molecule has 0 heterocycles. The first-order valence-corrected chi connectivity index (χ1v) is 6.91. The Bertz CT molecular complexity index is 529. The summed E-state index contributed by atoms with van der Waals surface area (Å²) in [5, 5.41) is 0. The van der Waals surface area contributed by atoms with Gasteiger partial charge >= 0.3 is 12.1 Å². The second-order valence-corrected chi connectivity index (χ2v) is 5.27. The lowest BCUT2D eigenvalue weighted by atomic mass is 9.90. The third-order valence-corrected chi connectivity index (χ3v) is 3.51. The minimum absolute atomic E-state index is 0.444. The Kier molecular flexibility index (Phi) is 4.70. The van der Waals surface area contributed by atoms with Crippen molar-refractivity contribution in [2.45, 2.75) is 44.9 Å². The molecule has 5 heteroatoms. The number of hydrogen-bond acceptors (Lipinski definition) is 2. The van der Waals surface area contributed by atoms with Crippen LogP contribution in [0.2, 0.25) is 0 Å². The molecule has 0 aliphatic heterocycles.